The number of sulfonamides is 1. The van der Waals surface area contributed by atoms with Gasteiger partial charge in [-0.25, -0.2) is 13.4 Å². The third kappa shape index (κ3) is 6.29. The molecule has 2 aromatic heterocycles. The number of rotatable bonds is 6. The molecule has 0 spiro atoms. The molecule has 3 aromatic rings. The third-order valence-electron chi connectivity index (χ3n) is 9.00. The second kappa shape index (κ2) is 13.0. The number of nitrogens with zero attached hydrogens (tertiary/aromatic N) is 6. The van der Waals surface area contributed by atoms with Gasteiger partial charge in [-0.2, -0.15) is 14.3 Å². The lowest BCUT2D eigenvalue weighted by atomic mass is 9.89. The van der Waals surface area contributed by atoms with Gasteiger partial charge in [0.1, 0.15) is 5.52 Å². The van der Waals surface area contributed by atoms with Gasteiger partial charge in [-0.05, 0) is 70.4 Å². The minimum absolute atomic E-state index is 0. The zero-order valence-electron chi connectivity index (χ0n) is 23.6. The van der Waals surface area contributed by atoms with Gasteiger partial charge in [0.15, 0.2) is 11.5 Å². The zero-order valence-corrected chi connectivity index (χ0v) is 26.0. The molecule has 4 N–H and O–H groups in total. The van der Waals surface area contributed by atoms with Crippen LogP contribution in [0.2, 0.25) is 0 Å². The van der Waals surface area contributed by atoms with E-state index in [1.54, 1.807) is 16.4 Å². The van der Waals surface area contributed by atoms with Gasteiger partial charge in [-0.15, -0.1) is 24.8 Å². The molecule has 0 radical (unpaired) electrons. The topological polar surface area (TPSA) is 136 Å². The fourth-order valence-electron chi connectivity index (χ4n) is 6.72. The number of halogens is 2. The van der Waals surface area contributed by atoms with Gasteiger partial charge in [-0.3, -0.25) is 0 Å². The van der Waals surface area contributed by atoms with Crippen molar-refractivity contribution in [3.63, 3.8) is 0 Å². The summed E-state index contributed by atoms with van der Waals surface area (Å²) in [5, 5.41) is 0. The summed E-state index contributed by atoms with van der Waals surface area (Å²) >= 11 is 0. The van der Waals surface area contributed by atoms with Crippen molar-refractivity contribution >= 4 is 57.8 Å². The van der Waals surface area contributed by atoms with Crippen LogP contribution in [-0.2, 0) is 10.0 Å². The van der Waals surface area contributed by atoms with Crippen LogP contribution in [0.25, 0.3) is 11.2 Å². The van der Waals surface area contributed by atoms with Gasteiger partial charge in [0, 0.05) is 37.3 Å². The number of piperidine rings is 1. The largest absolute Gasteiger partial charge is 0.382 e. The van der Waals surface area contributed by atoms with Crippen molar-refractivity contribution in [1.82, 2.24) is 23.8 Å². The van der Waals surface area contributed by atoms with Crippen LogP contribution < -0.4 is 16.4 Å². The Bertz CT molecular complexity index is 1410. The van der Waals surface area contributed by atoms with Crippen molar-refractivity contribution in [3.05, 3.63) is 36.2 Å². The first kappa shape index (κ1) is 31.7. The predicted molar refractivity (Wildman–Crippen MR) is 167 cm³/mol. The number of fused-ring (bicyclic) bond motifs is 1. The molecule has 1 aliphatic heterocycles. The zero-order chi connectivity index (χ0) is 27.1. The summed E-state index contributed by atoms with van der Waals surface area (Å²) in [5.41, 5.74) is 15.3. The van der Waals surface area contributed by atoms with E-state index in [-0.39, 0.29) is 42.9 Å². The highest BCUT2D eigenvalue weighted by atomic mass is 35.5. The number of hydrogen-bond donors (Lipinski definition) is 2. The molecule has 1 saturated heterocycles. The van der Waals surface area contributed by atoms with E-state index in [9.17, 15) is 8.42 Å². The Balaban J connectivity index is 0.00000194. The van der Waals surface area contributed by atoms with Gasteiger partial charge in [0.05, 0.1) is 11.2 Å². The van der Waals surface area contributed by atoms with Crippen molar-refractivity contribution in [2.45, 2.75) is 100 Å². The molecule has 10 nitrogen and oxygen atoms in total. The summed E-state index contributed by atoms with van der Waals surface area (Å²) in [5.74, 6) is 1.05. The van der Waals surface area contributed by atoms with E-state index in [1.807, 2.05) is 25.4 Å². The minimum atomic E-state index is -3.53. The Hall–Kier alpha value is -2.18. The quantitative estimate of drug-likeness (QED) is 0.406. The molecule has 2 aliphatic carbocycles. The SMILES string of the molecule is Cc1ccc(S(=O)(=O)N2CCC(N(c3nc(N)c4ncn(C5CCCC5)c4n3)C3CCC(N)CC3)CC2)cc1.Cl.Cl. The Morgan fingerprint density at radius 1 is 0.878 bits per heavy atom. The molecule has 1 aromatic carbocycles. The van der Waals surface area contributed by atoms with Crippen LogP contribution >= 0.6 is 24.8 Å². The Morgan fingerprint density at radius 2 is 1.49 bits per heavy atom. The summed E-state index contributed by atoms with van der Waals surface area (Å²) in [4.78, 5) is 17.2. The number of anilines is 2. The normalized spacial score (nSPS) is 22.8. The molecule has 3 heterocycles. The van der Waals surface area contributed by atoms with Crippen LogP contribution in [0.4, 0.5) is 11.8 Å². The molecular weight excluding hydrogens is 583 g/mol. The van der Waals surface area contributed by atoms with Crippen molar-refractivity contribution in [3.8, 4) is 0 Å². The number of nitrogen functional groups attached to an aromatic ring is 1. The second-order valence-electron chi connectivity index (χ2n) is 11.6. The molecule has 0 unspecified atom stereocenters. The van der Waals surface area contributed by atoms with Crippen molar-refractivity contribution in [2.75, 3.05) is 23.7 Å². The van der Waals surface area contributed by atoms with E-state index in [0.29, 0.717) is 54.2 Å². The van der Waals surface area contributed by atoms with Crippen LogP contribution in [-0.4, -0.2) is 63.5 Å². The van der Waals surface area contributed by atoms with Gasteiger partial charge in [0.25, 0.3) is 0 Å². The molecule has 0 amide bonds. The van der Waals surface area contributed by atoms with E-state index >= 15 is 0 Å². The van der Waals surface area contributed by atoms with Gasteiger partial charge >= 0.3 is 0 Å². The fourth-order valence-corrected chi connectivity index (χ4v) is 8.19. The predicted octanol–water partition coefficient (Wildman–Crippen LogP) is 4.61. The molecule has 41 heavy (non-hydrogen) atoms. The molecule has 0 bridgehead atoms. The highest BCUT2D eigenvalue weighted by Gasteiger charge is 2.37. The number of hydrogen-bond acceptors (Lipinski definition) is 8. The maximum absolute atomic E-state index is 13.4. The first-order valence-electron chi connectivity index (χ1n) is 14.4. The summed E-state index contributed by atoms with van der Waals surface area (Å²) in [6, 6.07) is 8.09. The molecule has 2 saturated carbocycles. The molecule has 226 valence electrons. The lowest BCUT2D eigenvalue weighted by Crippen LogP contribution is -2.52. The van der Waals surface area contributed by atoms with Crippen molar-refractivity contribution in [1.29, 1.82) is 0 Å². The van der Waals surface area contributed by atoms with Crippen LogP contribution in [0.3, 0.4) is 0 Å². The maximum atomic E-state index is 13.4. The summed E-state index contributed by atoms with van der Waals surface area (Å²) in [6.45, 7) is 2.88. The maximum Gasteiger partial charge on any atom is 0.243 e. The monoisotopic (exact) mass is 624 g/mol. The number of nitrogens with two attached hydrogens (primary N) is 2. The van der Waals surface area contributed by atoms with Crippen LogP contribution in [0.5, 0.6) is 0 Å². The Kier molecular flexibility index (Phi) is 10.1. The first-order chi connectivity index (χ1) is 18.8. The number of benzene rings is 1. The smallest absolute Gasteiger partial charge is 0.243 e. The lowest BCUT2D eigenvalue weighted by molar-refractivity contribution is 0.277. The number of imidazole rings is 1. The fraction of sp³-hybridized carbons (Fsp3) is 0.607. The van der Waals surface area contributed by atoms with Gasteiger partial charge in [-0.1, -0.05) is 30.5 Å². The molecule has 6 rings (SSSR count). The van der Waals surface area contributed by atoms with Gasteiger partial charge in [0.2, 0.25) is 16.0 Å². The van der Waals surface area contributed by atoms with Crippen LogP contribution in [0.15, 0.2) is 35.5 Å². The third-order valence-corrected chi connectivity index (χ3v) is 10.9. The average molecular weight is 626 g/mol. The van der Waals surface area contributed by atoms with Crippen LogP contribution in [0, 0.1) is 6.92 Å². The van der Waals surface area contributed by atoms with Crippen molar-refractivity contribution in [2.24, 2.45) is 5.73 Å². The lowest BCUT2D eigenvalue weighted by Gasteiger charge is -2.44. The first-order valence-corrected chi connectivity index (χ1v) is 15.9. The standard InChI is InChI=1S/C28H40N8O2S.2ClH/c1-19-6-12-24(13-7-19)39(37,38)34-16-14-23(15-17-34)36(22-10-8-20(29)9-11-22)28-32-26(30)25-27(33-28)35(18-31-25)21-4-2-3-5-21;;/h6-7,12-13,18,20-23H,2-5,8-11,14-17,29H2,1H3,(H2,30,32,33);2*1H. The van der Waals surface area contributed by atoms with E-state index in [1.165, 1.54) is 12.8 Å². The van der Waals surface area contributed by atoms with Gasteiger partial charge < -0.3 is 20.9 Å². The minimum Gasteiger partial charge on any atom is -0.382 e. The molecule has 3 aliphatic rings. The van der Waals surface area contributed by atoms with Crippen LogP contribution in [0.1, 0.15) is 75.8 Å². The number of aryl methyl sites for hydroxylation is 1. The Labute approximate surface area is 255 Å². The molecule has 13 heteroatoms. The Morgan fingerprint density at radius 3 is 2.12 bits per heavy atom. The summed E-state index contributed by atoms with van der Waals surface area (Å²) in [6.07, 6.45) is 11.8. The molecule has 0 atom stereocenters. The number of aromatic nitrogens is 4. The van der Waals surface area contributed by atoms with Crippen molar-refractivity contribution < 1.29 is 8.42 Å². The summed E-state index contributed by atoms with van der Waals surface area (Å²) in [7, 11) is -3.53. The molecular formula is C28H42Cl2N8O2S. The van der Waals surface area contributed by atoms with E-state index in [2.05, 4.69) is 14.5 Å². The van der Waals surface area contributed by atoms with E-state index < -0.39 is 10.0 Å². The highest BCUT2D eigenvalue weighted by Crippen LogP contribution is 2.36. The highest BCUT2D eigenvalue weighted by molar-refractivity contribution is 7.89. The summed E-state index contributed by atoms with van der Waals surface area (Å²) < 4.78 is 30.5. The second-order valence-corrected chi connectivity index (χ2v) is 13.5. The molecule has 3 fully saturated rings. The van der Waals surface area contributed by atoms with E-state index in [4.69, 9.17) is 21.4 Å². The average Bonchev–Trinajstić information content (AvgIpc) is 3.61. The van der Waals surface area contributed by atoms with E-state index in [0.717, 1.165) is 49.7 Å².